The molecule has 1 amide bonds. The van der Waals surface area contributed by atoms with Gasteiger partial charge < -0.3 is 4.90 Å². The molecule has 0 saturated carbocycles. The summed E-state index contributed by atoms with van der Waals surface area (Å²) in [4.78, 5) is 18.3. The summed E-state index contributed by atoms with van der Waals surface area (Å²) >= 11 is 11.9. The smallest absolute Gasteiger partial charge is 0.274 e. The molecule has 22 heavy (non-hydrogen) atoms. The van der Waals surface area contributed by atoms with Crippen LogP contribution in [-0.4, -0.2) is 48.3 Å². The van der Waals surface area contributed by atoms with Crippen LogP contribution >= 0.6 is 23.2 Å². The lowest BCUT2D eigenvalue weighted by Gasteiger charge is -2.28. The molecule has 1 aromatic rings. The summed E-state index contributed by atoms with van der Waals surface area (Å²) in [7, 11) is -3.07. The molecule has 0 aromatic carbocycles. The highest BCUT2D eigenvalue weighted by atomic mass is 35.5. The van der Waals surface area contributed by atoms with Crippen LogP contribution in [0, 0.1) is 0 Å². The third kappa shape index (κ3) is 4.12. The van der Waals surface area contributed by atoms with E-state index in [1.165, 1.54) is 12.1 Å². The van der Waals surface area contributed by atoms with Gasteiger partial charge in [-0.15, -0.1) is 0 Å². The average molecular weight is 365 g/mol. The van der Waals surface area contributed by atoms with Crippen LogP contribution < -0.4 is 0 Å². The minimum absolute atomic E-state index is 0.000634. The molecule has 2 heterocycles. The zero-order valence-electron chi connectivity index (χ0n) is 12.3. The Labute approximate surface area is 140 Å². The summed E-state index contributed by atoms with van der Waals surface area (Å²) in [6, 6.07) is 2.71. The highest BCUT2D eigenvalue weighted by Crippen LogP contribution is 2.24. The van der Waals surface area contributed by atoms with E-state index < -0.39 is 9.84 Å². The first-order valence-corrected chi connectivity index (χ1v) is 9.75. The van der Waals surface area contributed by atoms with Gasteiger partial charge in [0.2, 0.25) is 0 Å². The second-order valence-electron chi connectivity index (χ2n) is 5.37. The number of carbonyl (C=O) groups is 1. The molecule has 1 saturated heterocycles. The van der Waals surface area contributed by atoms with Crippen molar-refractivity contribution in [3.05, 3.63) is 28.0 Å². The van der Waals surface area contributed by atoms with E-state index in [1.54, 1.807) is 4.90 Å². The number of halogens is 2. The Hall–Kier alpha value is -0.850. The molecule has 1 fully saturated rings. The molecule has 2 rings (SSSR count). The zero-order chi connectivity index (χ0) is 16.3. The summed E-state index contributed by atoms with van der Waals surface area (Å²) in [5, 5.41) is 0.402. The van der Waals surface area contributed by atoms with Gasteiger partial charge in [-0.25, -0.2) is 13.4 Å². The Morgan fingerprint density at radius 1 is 1.41 bits per heavy atom. The van der Waals surface area contributed by atoms with E-state index in [1.807, 2.05) is 6.92 Å². The van der Waals surface area contributed by atoms with E-state index in [-0.39, 0.29) is 39.3 Å². The molecule has 0 aliphatic carbocycles. The van der Waals surface area contributed by atoms with Crippen LogP contribution in [0.1, 0.15) is 36.7 Å². The first-order valence-electron chi connectivity index (χ1n) is 7.17. The molecule has 5 nitrogen and oxygen atoms in total. The Morgan fingerprint density at radius 2 is 2.14 bits per heavy atom. The van der Waals surface area contributed by atoms with Crippen molar-refractivity contribution in [3.63, 3.8) is 0 Å². The molecule has 1 aromatic heterocycles. The predicted molar refractivity (Wildman–Crippen MR) is 87.3 cm³/mol. The first-order chi connectivity index (χ1) is 10.3. The number of carbonyl (C=O) groups excluding carboxylic acids is 1. The fourth-order valence-electron chi connectivity index (χ4n) is 2.50. The number of unbranched alkanes of at least 4 members (excludes halogenated alkanes) is 1. The third-order valence-corrected chi connectivity index (χ3v) is 5.94. The monoisotopic (exact) mass is 364 g/mol. The quantitative estimate of drug-likeness (QED) is 0.753. The second kappa shape index (κ2) is 7.15. The predicted octanol–water partition coefficient (Wildman–Crippen LogP) is 2.82. The van der Waals surface area contributed by atoms with E-state index in [4.69, 9.17) is 23.2 Å². The van der Waals surface area contributed by atoms with Crippen molar-refractivity contribution in [2.75, 3.05) is 18.1 Å². The number of pyridine rings is 1. The minimum Gasteiger partial charge on any atom is -0.333 e. The Bertz CT molecular complexity index is 664. The number of nitrogens with zero attached hydrogens (tertiary/aromatic N) is 2. The van der Waals surface area contributed by atoms with Crippen molar-refractivity contribution in [1.82, 2.24) is 9.88 Å². The van der Waals surface area contributed by atoms with Crippen molar-refractivity contribution in [3.8, 4) is 0 Å². The van der Waals surface area contributed by atoms with Crippen LogP contribution in [0.25, 0.3) is 0 Å². The number of amides is 1. The van der Waals surface area contributed by atoms with Crippen molar-refractivity contribution in [2.45, 2.75) is 32.2 Å². The van der Waals surface area contributed by atoms with Gasteiger partial charge in [0.1, 0.15) is 10.8 Å². The highest BCUT2D eigenvalue weighted by molar-refractivity contribution is 7.91. The Balaban J connectivity index is 2.28. The fourth-order valence-corrected chi connectivity index (χ4v) is 4.57. The van der Waals surface area contributed by atoms with Gasteiger partial charge in [-0.05, 0) is 25.0 Å². The van der Waals surface area contributed by atoms with Gasteiger partial charge in [0.25, 0.3) is 5.91 Å². The zero-order valence-corrected chi connectivity index (χ0v) is 14.6. The SMILES string of the molecule is CCCCN(C(=O)c1nc(Cl)ccc1Cl)C1CCS(=O)(=O)C1. The van der Waals surface area contributed by atoms with Crippen molar-refractivity contribution in [2.24, 2.45) is 0 Å². The maximum Gasteiger partial charge on any atom is 0.274 e. The van der Waals surface area contributed by atoms with Crippen molar-refractivity contribution >= 4 is 38.9 Å². The number of hydrogen-bond donors (Lipinski definition) is 0. The second-order valence-corrected chi connectivity index (χ2v) is 8.40. The van der Waals surface area contributed by atoms with Crippen LogP contribution in [0.2, 0.25) is 10.2 Å². The summed E-state index contributed by atoms with van der Waals surface area (Å²) in [6.45, 7) is 2.50. The molecular weight excluding hydrogens is 347 g/mol. The Kier molecular flexibility index (Phi) is 5.69. The molecule has 122 valence electrons. The normalized spacial score (nSPS) is 20.0. The number of rotatable bonds is 5. The van der Waals surface area contributed by atoms with E-state index in [9.17, 15) is 13.2 Å². The summed E-state index contributed by atoms with van der Waals surface area (Å²) in [5.74, 6) is -0.242. The van der Waals surface area contributed by atoms with Crippen LogP contribution in [-0.2, 0) is 9.84 Å². The molecule has 0 N–H and O–H groups in total. The summed E-state index contributed by atoms with van der Waals surface area (Å²) < 4.78 is 23.4. The van der Waals surface area contributed by atoms with Gasteiger partial charge in [0.05, 0.1) is 16.5 Å². The largest absolute Gasteiger partial charge is 0.333 e. The number of aromatic nitrogens is 1. The lowest BCUT2D eigenvalue weighted by molar-refractivity contribution is 0.0688. The maximum atomic E-state index is 12.7. The van der Waals surface area contributed by atoms with Gasteiger partial charge in [0, 0.05) is 12.6 Å². The fraction of sp³-hybridized carbons (Fsp3) is 0.571. The number of sulfone groups is 1. The van der Waals surface area contributed by atoms with Crippen LogP contribution in [0.3, 0.4) is 0 Å². The van der Waals surface area contributed by atoms with Crippen LogP contribution in [0.5, 0.6) is 0 Å². The standard InChI is InChI=1S/C14H18Cl2N2O3S/c1-2-3-7-18(10-6-8-22(20,21)9-10)14(19)13-11(15)4-5-12(16)17-13/h4-5,10H,2-3,6-9H2,1H3. The van der Waals surface area contributed by atoms with Gasteiger partial charge >= 0.3 is 0 Å². The van der Waals surface area contributed by atoms with Crippen LogP contribution in [0.15, 0.2) is 12.1 Å². The first kappa shape index (κ1) is 17.5. The van der Waals surface area contributed by atoms with E-state index >= 15 is 0 Å². The maximum absolute atomic E-state index is 12.7. The molecule has 0 radical (unpaired) electrons. The molecule has 1 unspecified atom stereocenters. The van der Waals surface area contributed by atoms with E-state index in [0.29, 0.717) is 13.0 Å². The van der Waals surface area contributed by atoms with Crippen molar-refractivity contribution in [1.29, 1.82) is 0 Å². The molecule has 0 spiro atoms. The van der Waals surface area contributed by atoms with Gasteiger partial charge in [-0.1, -0.05) is 36.5 Å². The van der Waals surface area contributed by atoms with Gasteiger partial charge in [-0.2, -0.15) is 0 Å². The highest BCUT2D eigenvalue weighted by Gasteiger charge is 2.35. The summed E-state index contributed by atoms with van der Waals surface area (Å²) in [6.07, 6.45) is 2.15. The van der Waals surface area contributed by atoms with E-state index in [0.717, 1.165) is 12.8 Å². The molecule has 0 bridgehead atoms. The lowest BCUT2D eigenvalue weighted by Crippen LogP contribution is -2.42. The summed E-state index contributed by atoms with van der Waals surface area (Å²) in [5.41, 5.74) is 0.0783. The molecular formula is C14H18Cl2N2O3S. The molecule has 1 aliphatic heterocycles. The lowest BCUT2D eigenvalue weighted by atomic mass is 10.1. The topological polar surface area (TPSA) is 67.3 Å². The molecule has 8 heteroatoms. The minimum atomic E-state index is -3.07. The molecule has 1 aliphatic rings. The van der Waals surface area contributed by atoms with Gasteiger partial charge in [0.15, 0.2) is 9.84 Å². The average Bonchev–Trinajstić information content (AvgIpc) is 2.82. The third-order valence-electron chi connectivity index (χ3n) is 3.68. The van der Waals surface area contributed by atoms with E-state index in [2.05, 4.69) is 4.98 Å². The van der Waals surface area contributed by atoms with Gasteiger partial charge in [-0.3, -0.25) is 4.79 Å². The van der Waals surface area contributed by atoms with Crippen LogP contribution in [0.4, 0.5) is 0 Å². The van der Waals surface area contributed by atoms with Crippen molar-refractivity contribution < 1.29 is 13.2 Å². The number of hydrogen-bond acceptors (Lipinski definition) is 4. The Morgan fingerprint density at radius 3 is 2.73 bits per heavy atom. The molecule has 1 atom stereocenters.